The van der Waals surface area contributed by atoms with Gasteiger partial charge in [0.2, 0.25) is 0 Å². The Morgan fingerprint density at radius 1 is 0.875 bits per heavy atom. The molecule has 2 aliphatic carbocycles. The zero-order valence-electron chi connectivity index (χ0n) is 17.7. The van der Waals surface area contributed by atoms with E-state index in [9.17, 15) is 25.5 Å². The first kappa shape index (κ1) is 22.2. The van der Waals surface area contributed by atoms with Crippen LogP contribution in [0.5, 0.6) is 5.75 Å². The molecular weight excluding hydrogens is 428 g/mol. The first-order chi connectivity index (χ1) is 15.4. The molecule has 5 rings (SSSR count). The van der Waals surface area contributed by atoms with Crippen molar-refractivity contribution in [3.8, 4) is 5.75 Å². The molecule has 3 aliphatic rings. The second-order valence-corrected chi connectivity index (χ2v) is 10.8. The standard InChI is InChI=1S/C25H30O6S/c26-12-21-22(28)23(29)24(30)25(31-21)14-3-6-20(27)17(8-14)7-13-1-4-18(5-2-13)32-19-10-15-9-16(15)11-19/h1-6,8,15-16,19,21-30H,7,9-12H2/t15-,16+,19?,21-,22-,23+,24-,25+/m1/s1. The lowest BCUT2D eigenvalue weighted by Gasteiger charge is -2.40. The third-order valence-electron chi connectivity index (χ3n) is 7.15. The molecule has 6 nitrogen and oxygen atoms in total. The maximum absolute atomic E-state index is 10.4. The molecule has 1 heterocycles. The van der Waals surface area contributed by atoms with Gasteiger partial charge < -0.3 is 30.3 Å². The number of phenols is 1. The van der Waals surface area contributed by atoms with Gasteiger partial charge >= 0.3 is 0 Å². The lowest BCUT2D eigenvalue weighted by Crippen LogP contribution is -2.55. The molecule has 32 heavy (non-hydrogen) atoms. The minimum absolute atomic E-state index is 0.141. The van der Waals surface area contributed by atoms with Crippen LogP contribution in [0.1, 0.15) is 42.1 Å². The molecule has 3 fully saturated rings. The topological polar surface area (TPSA) is 110 Å². The molecule has 0 amide bonds. The molecule has 1 saturated heterocycles. The number of aliphatic hydroxyl groups is 4. The molecule has 172 valence electrons. The van der Waals surface area contributed by atoms with Gasteiger partial charge in [-0.05, 0) is 72.1 Å². The van der Waals surface area contributed by atoms with Gasteiger partial charge in [-0.2, -0.15) is 0 Å². The fourth-order valence-electron chi connectivity index (χ4n) is 5.15. The number of phenolic OH excluding ortho intramolecular Hbond substituents is 1. The van der Waals surface area contributed by atoms with E-state index in [1.165, 1.54) is 24.2 Å². The van der Waals surface area contributed by atoms with Crippen LogP contribution in [-0.4, -0.2) is 61.8 Å². The minimum Gasteiger partial charge on any atom is -0.508 e. The van der Waals surface area contributed by atoms with Crippen LogP contribution >= 0.6 is 11.8 Å². The molecule has 1 unspecified atom stereocenters. The van der Waals surface area contributed by atoms with Gasteiger partial charge in [-0.1, -0.05) is 18.2 Å². The van der Waals surface area contributed by atoms with E-state index in [2.05, 4.69) is 24.3 Å². The van der Waals surface area contributed by atoms with Gasteiger partial charge in [0.15, 0.2) is 0 Å². The van der Waals surface area contributed by atoms with Crippen LogP contribution in [0.25, 0.3) is 0 Å². The predicted molar refractivity (Wildman–Crippen MR) is 121 cm³/mol. The molecule has 0 bridgehead atoms. The van der Waals surface area contributed by atoms with Crippen molar-refractivity contribution < 1.29 is 30.3 Å². The highest BCUT2D eigenvalue weighted by atomic mass is 32.2. The van der Waals surface area contributed by atoms with E-state index in [-0.39, 0.29) is 5.75 Å². The summed E-state index contributed by atoms with van der Waals surface area (Å²) in [7, 11) is 0. The average Bonchev–Trinajstić information content (AvgIpc) is 3.41. The van der Waals surface area contributed by atoms with Crippen molar-refractivity contribution in [1.29, 1.82) is 0 Å². The summed E-state index contributed by atoms with van der Waals surface area (Å²) in [5.74, 6) is 2.10. The summed E-state index contributed by atoms with van der Waals surface area (Å²) < 4.78 is 5.66. The summed E-state index contributed by atoms with van der Waals surface area (Å²) in [6.07, 6.45) is -1.42. The zero-order valence-corrected chi connectivity index (χ0v) is 18.6. The summed E-state index contributed by atoms with van der Waals surface area (Å²) in [4.78, 5) is 1.28. The third kappa shape index (κ3) is 4.42. The number of aromatic hydroxyl groups is 1. The number of benzene rings is 2. The van der Waals surface area contributed by atoms with Crippen LogP contribution in [0.3, 0.4) is 0 Å². The Morgan fingerprint density at radius 2 is 1.59 bits per heavy atom. The highest BCUT2D eigenvalue weighted by molar-refractivity contribution is 8.00. The highest BCUT2D eigenvalue weighted by Gasteiger charge is 2.46. The largest absolute Gasteiger partial charge is 0.508 e. The summed E-state index contributed by atoms with van der Waals surface area (Å²) in [6.45, 7) is -0.473. The van der Waals surface area contributed by atoms with Crippen molar-refractivity contribution in [2.45, 2.75) is 66.3 Å². The van der Waals surface area contributed by atoms with E-state index >= 15 is 0 Å². The number of ether oxygens (including phenoxy) is 1. The molecule has 7 heteroatoms. The van der Waals surface area contributed by atoms with Crippen molar-refractivity contribution in [3.63, 3.8) is 0 Å². The Bertz CT molecular complexity index is 938. The van der Waals surface area contributed by atoms with Gasteiger partial charge in [0.05, 0.1) is 6.61 Å². The highest BCUT2D eigenvalue weighted by Crippen LogP contribution is 2.55. The van der Waals surface area contributed by atoms with Crippen LogP contribution in [0.15, 0.2) is 47.4 Å². The molecule has 8 atom stereocenters. The average molecular weight is 459 g/mol. The predicted octanol–water partition coefficient (Wildman–Crippen LogP) is 2.39. The molecule has 2 saturated carbocycles. The number of hydrogen-bond donors (Lipinski definition) is 5. The Kier molecular flexibility index (Phi) is 6.22. The normalized spacial score (nSPS) is 36.1. The second kappa shape index (κ2) is 8.97. The number of aliphatic hydroxyl groups excluding tert-OH is 4. The monoisotopic (exact) mass is 458 g/mol. The van der Waals surface area contributed by atoms with E-state index in [1.54, 1.807) is 18.2 Å². The summed E-state index contributed by atoms with van der Waals surface area (Å²) >= 11 is 1.97. The minimum atomic E-state index is -1.43. The van der Waals surface area contributed by atoms with E-state index in [4.69, 9.17) is 4.74 Å². The quantitative estimate of drug-likeness (QED) is 0.452. The van der Waals surface area contributed by atoms with Crippen molar-refractivity contribution in [1.82, 2.24) is 0 Å². The van der Waals surface area contributed by atoms with Crippen molar-refractivity contribution in [3.05, 3.63) is 59.2 Å². The molecule has 0 spiro atoms. The molecule has 2 aromatic rings. The lowest BCUT2D eigenvalue weighted by molar-refractivity contribution is -0.231. The van der Waals surface area contributed by atoms with Crippen LogP contribution in [-0.2, 0) is 11.2 Å². The molecule has 1 aliphatic heterocycles. The van der Waals surface area contributed by atoms with Gasteiger partial charge in [-0.25, -0.2) is 0 Å². The zero-order chi connectivity index (χ0) is 22.4. The van der Waals surface area contributed by atoms with Gasteiger partial charge in [-0.3, -0.25) is 0 Å². The summed E-state index contributed by atoms with van der Waals surface area (Å²) in [6, 6.07) is 13.4. The van der Waals surface area contributed by atoms with Gasteiger partial charge in [-0.15, -0.1) is 11.8 Å². The van der Waals surface area contributed by atoms with Crippen LogP contribution < -0.4 is 0 Å². The van der Waals surface area contributed by atoms with E-state index < -0.39 is 37.1 Å². The van der Waals surface area contributed by atoms with Crippen molar-refractivity contribution >= 4 is 11.8 Å². The number of rotatable bonds is 6. The Morgan fingerprint density at radius 3 is 2.28 bits per heavy atom. The first-order valence-corrected chi connectivity index (χ1v) is 12.2. The van der Waals surface area contributed by atoms with Crippen LogP contribution in [0.2, 0.25) is 0 Å². The second-order valence-electron chi connectivity index (χ2n) is 9.43. The fraction of sp³-hybridized carbons (Fsp3) is 0.520. The first-order valence-electron chi connectivity index (χ1n) is 11.3. The maximum Gasteiger partial charge on any atom is 0.119 e. The smallest absolute Gasteiger partial charge is 0.119 e. The molecule has 5 N–H and O–H groups in total. The number of hydrogen-bond acceptors (Lipinski definition) is 7. The fourth-order valence-corrected chi connectivity index (χ4v) is 6.52. The van der Waals surface area contributed by atoms with Crippen LogP contribution in [0, 0.1) is 11.8 Å². The Labute approximate surface area is 191 Å². The SMILES string of the molecule is OC[C@H]1O[C@@H](c2ccc(O)c(Cc3ccc(SC4C[C@@H]5C[C@@H]5C4)cc3)c2)[C@H](O)[C@@H](O)[C@@H]1O. The summed E-state index contributed by atoms with van der Waals surface area (Å²) in [5.41, 5.74) is 2.31. The molecule has 2 aromatic carbocycles. The van der Waals surface area contributed by atoms with Gasteiger partial charge in [0, 0.05) is 16.6 Å². The lowest BCUT2D eigenvalue weighted by atomic mass is 9.90. The van der Waals surface area contributed by atoms with Crippen molar-refractivity contribution in [2.75, 3.05) is 6.61 Å². The summed E-state index contributed by atoms with van der Waals surface area (Å²) in [5, 5.41) is 51.1. The maximum atomic E-state index is 10.4. The Hall–Kier alpha value is -1.61. The van der Waals surface area contributed by atoms with E-state index in [0.29, 0.717) is 17.5 Å². The number of thioether (sulfide) groups is 1. The molecule has 0 radical (unpaired) electrons. The van der Waals surface area contributed by atoms with Crippen molar-refractivity contribution in [2.24, 2.45) is 11.8 Å². The third-order valence-corrected chi connectivity index (χ3v) is 8.41. The molecule has 0 aromatic heterocycles. The Balaban J connectivity index is 1.28. The van der Waals surface area contributed by atoms with E-state index in [1.807, 2.05) is 11.8 Å². The molecular formula is C25H30O6S. The van der Waals surface area contributed by atoms with Gasteiger partial charge in [0.1, 0.15) is 36.3 Å². The van der Waals surface area contributed by atoms with Crippen LogP contribution in [0.4, 0.5) is 0 Å². The van der Waals surface area contributed by atoms with Gasteiger partial charge in [0.25, 0.3) is 0 Å². The van der Waals surface area contributed by atoms with E-state index in [0.717, 1.165) is 22.6 Å². The number of fused-ring (bicyclic) bond motifs is 1.